The molecule has 1 saturated heterocycles. The van der Waals surface area contributed by atoms with Crippen molar-refractivity contribution in [2.75, 3.05) is 38.5 Å². The summed E-state index contributed by atoms with van der Waals surface area (Å²) in [6, 6.07) is 13.3. The van der Waals surface area contributed by atoms with Gasteiger partial charge in [0.05, 0.1) is 5.56 Å². The van der Waals surface area contributed by atoms with Crippen LogP contribution in [-0.2, 0) is 15.3 Å². The predicted octanol–water partition coefficient (Wildman–Crippen LogP) is 3.87. The van der Waals surface area contributed by atoms with E-state index in [9.17, 15) is 14.4 Å². The van der Waals surface area contributed by atoms with Crippen molar-refractivity contribution in [1.29, 1.82) is 0 Å². The van der Waals surface area contributed by atoms with Crippen LogP contribution in [0.25, 0.3) is 11.1 Å². The zero-order chi connectivity index (χ0) is 22.4. The summed E-state index contributed by atoms with van der Waals surface area (Å²) in [6.45, 7) is 6.25. The maximum absolute atomic E-state index is 13.8. The second-order valence-corrected chi connectivity index (χ2v) is 8.82. The molecule has 0 aliphatic carbocycles. The zero-order valence-corrected chi connectivity index (χ0v) is 19.1. The number of piperazine rings is 1. The van der Waals surface area contributed by atoms with Gasteiger partial charge in [0.2, 0.25) is 5.91 Å². The molecule has 1 heterocycles. The fraction of sp³-hybridized carbons (Fsp3) is 0.375. The summed E-state index contributed by atoms with van der Waals surface area (Å²) in [5.41, 5.74) is 3.57. The minimum Gasteiger partial charge on any atom is -0.336 e. The third-order valence-electron chi connectivity index (χ3n) is 5.38. The number of thioether (sulfide) groups is 1. The molecule has 7 heteroatoms. The molecule has 1 N–H and O–H groups in total. The standard InChI is InChI=1S/C24H29N3O3S/c1-4-21(29)25-20-11-10-19(16-31-17(2)28)23(22(20)18-8-6-5-7-9-18)24(30)27-14-12-26(3)13-15-27/h5-11H,4,12-16H2,1-3H3,(H,25,29). The molecule has 31 heavy (non-hydrogen) atoms. The van der Waals surface area contributed by atoms with Crippen molar-refractivity contribution >= 4 is 34.4 Å². The van der Waals surface area contributed by atoms with E-state index in [2.05, 4.69) is 10.2 Å². The molecule has 2 aromatic carbocycles. The fourth-order valence-corrected chi connectivity index (χ4v) is 4.20. The largest absolute Gasteiger partial charge is 0.336 e. The Balaban J connectivity index is 2.16. The highest BCUT2D eigenvalue weighted by atomic mass is 32.2. The molecule has 0 bridgehead atoms. The van der Waals surface area contributed by atoms with Gasteiger partial charge < -0.3 is 15.1 Å². The van der Waals surface area contributed by atoms with Gasteiger partial charge in [0.15, 0.2) is 5.12 Å². The Morgan fingerprint density at radius 3 is 2.29 bits per heavy atom. The molecule has 2 aromatic rings. The summed E-state index contributed by atoms with van der Waals surface area (Å²) >= 11 is 1.19. The van der Waals surface area contributed by atoms with Gasteiger partial charge in [0.1, 0.15) is 0 Å². The Hall–Kier alpha value is -2.64. The molecule has 164 valence electrons. The summed E-state index contributed by atoms with van der Waals surface area (Å²) in [6.07, 6.45) is 0.345. The highest BCUT2D eigenvalue weighted by Gasteiger charge is 2.27. The van der Waals surface area contributed by atoms with E-state index in [0.29, 0.717) is 42.1 Å². The average Bonchev–Trinajstić information content (AvgIpc) is 2.78. The van der Waals surface area contributed by atoms with Crippen molar-refractivity contribution in [3.05, 3.63) is 53.6 Å². The predicted molar refractivity (Wildman–Crippen MR) is 126 cm³/mol. The van der Waals surface area contributed by atoms with Crippen LogP contribution in [0, 0.1) is 0 Å². The number of hydrogen-bond donors (Lipinski definition) is 1. The molecule has 3 rings (SSSR count). The maximum Gasteiger partial charge on any atom is 0.254 e. The number of benzene rings is 2. The summed E-state index contributed by atoms with van der Waals surface area (Å²) in [7, 11) is 2.05. The SMILES string of the molecule is CCC(=O)Nc1ccc(CSC(C)=O)c(C(=O)N2CCN(C)CC2)c1-c1ccccc1. The van der Waals surface area contributed by atoms with E-state index in [-0.39, 0.29) is 16.9 Å². The first kappa shape index (κ1) is 23.0. The molecule has 6 nitrogen and oxygen atoms in total. The van der Waals surface area contributed by atoms with Crippen molar-refractivity contribution in [1.82, 2.24) is 9.80 Å². The number of rotatable bonds is 6. The van der Waals surface area contributed by atoms with Crippen molar-refractivity contribution in [2.45, 2.75) is 26.0 Å². The summed E-state index contributed by atoms with van der Waals surface area (Å²) < 4.78 is 0. The Morgan fingerprint density at radius 2 is 1.68 bits per heavy atom. The van der Waals surface area contributed by atoms with E-state index in [1.807, 2.05) is 54.4 Å². The lowest BCUT2D eigenvalue weighted by atomic mass is 9.92. The van der Waals surface area contributed by atoms with Crippen molar-refractivity contribution in [3.63, 3.8) is 0 Å². The number of nitrogens with zero attached hydrogens (tertiary/aromatic N) is 2. The number of carbonyl (C=O) groups excluding carboxylic acids is 3. The lowest BCUT2D eigenvalue weighted by molar-refractivity contribution is -0.116. The first-order valence-electron chi connectivity index (χ1n) is 10.5. The Bertz CT molecular complexity index is 954. The number of nitrogens with one attached hydrogen (secondary N) is 1. The molecule has 0 unspecified atom stereocenters. The van der Waals surface area contributed by atoms with E-state index in [0.717, 1.165) is 24.2 Å². The summed E-state index contributed by atoms with van der Waals surface area (Å²) in [4.78, 5) is 41.7. The van der Waals surface area contributed by atoms with Crippen molar-refractivity contribution < 1.29 is 14.4 Å². The van der Waals surface area contributed by atoms with E-state index in [4.69, 9.17) is 0 Å². The normalized spacial score (nSPS) is 14.4. The van der Waals surface area contributed by atoms with Crippen LogP contribution >= 0.6 is 11.8 Å². The number of likely N-dealkylation sites (N-methyl/N-ethyl adjacent to an activating group) is 1. The second kappa shape index (κ2) is 10.6. The molecule has 0 saturated carbocycles. The van der Waals surface area contributed by atoms with E-state index >= 15 is 0 Å². The quantitative estimate of drug-likeness (QED) is 0.740. The van der Waals surface area contributed by atoms with Gasteiger partial charge in [-0.3, -0.25) is 14.4 Å². The first-order valence-corrected chi connectivity index (χ1v) is 11.5. The molecule has 0 atom stereocenters. The molecular formula is C24H29N3O3S. The fourth-order valence-electron chi connectivity index (χ4n) is 3.60. The lowest BCUT2D eigenvalue weighted by Crippen LogP contribution is -2.47. The molecule has 1 aliphatic heterocycles. The van der Waals surface area contributed by atoms with Crippen LogP contribution in [0.2, 0.25) is 0 Å². The van der Waals surface area contributed by atoms with Crippen LogP contribution in [0.3, 0.4) is 0 Å². The minimum absolute atomic E-state index is 0.00243. The Morgan fingerprint density at radius 1 is 1.00 bits per heavy atom. The average molecular weight is 440 g/mol. The smallest absolute Gasteiger partial charge is 0.254 e. The number of carbonyl (C=O) groups is 3. The summed E-state index contributed by atoms with van der Waals surface area (Å²) in [5, 5.41) is 2.97. The maximum atomic E-state index is 13.8. The molecule has 0 radical (unpaired) electrons. The summed E-state index contributed by atoms with van der Waals surface area (Å²) in [5.74, 6) is 0.242. The van der Waals surface area contributed by atoms with Gasteiger partial charge in [0.25, 0.3) is 5.91 Å². The van der Waals surface area contributed by atoms with E-state index in [1.165, 1.54) is 18.7 Å². The third kappa shape index (κ3) is 5.74. The molecule has 0 spiro atoms. The van der Waals surface area contributed by atoms with Crippen LogP contribution in [-0.4, -0.2) is 60.0 Å². The van der Waals surface area contributed by atoms with Crippen LogP contribution in [0.1, 0.15) is 36.2 Å². The topological polar surface area (TPSA) is 69.7 Å². The highest BCUT2D eigenvalue weighted by Crippen LogP contribution is 2.36. The van der Waals surface area contributed by atoms with Gasteiger partial charge in [-0.05, 0) is 24.2 Å². The second-order valence-electron chi connectivity index (χ2n) is 7.67. The van der Waals surface area contributed by atoms with Gasteiger partial charge in [-0.25, -0.2) is 0 Å². The molecule has 1 aliphatic rings. The molecule has 1 fully saturated rings. The van der Waals surface area contributed by atoms with Crippen LogP contribution < -0.4 is 5.32 Å². The monoisotopic (exact) mass is 439 g/mol. The Labute approximate surface area is 188 Å². The van der Waals surface area contributed by atoms with Crippen molar-refractivity contribution in [2.24, 2.45) is 0 Å². The van der Waals surface area contributed by atoms with Crippen LogP contribution in [0.4, 0.5) is 5.69 Å². The van der Waals surface area contributed by atoms with E-state index < -0.39 is 0 Å². The van der Waals surface area contributed by atoms with E-state index in [1.54, 1.807) is 6.92 Å². The highest BCUT2D eigenvalue weighted by molar-refractivity contribution is 8.12. The molecule has 0 aromatic heterocycles. The lowest BCUT2D eigenvalue weighted by Gasteiger charge is -2.33. The number of amides is 2. The first-order chi connectivity index (χ1) is 14.9. The van der Waals surface area contributed by atoms with Gasteiger partial charge in [-0.1, -0.05) is 55.1 Å². The third-order valence-corrected chi connectivity index (χ3v) is 6.25. The number of anilines is 1. The number of hydrogen-bond acceptors (Lipinski definition) is 5. The van der Waals surface area contributed by atoms with Crippen molar-refractivity contribution in [3.8, 4) is 11.1 Å². The minimum atomic E-state index is -0.110. The van der Waals surface area contributed by atoms with Crippen LogP contribution in [0.5, 0.6) is 0 Å². The van der Waals surface area contributed by atoms with Crippen LogP contribution in [0.15, 0.2) is 42.5 Å². The molecule has 2 amide bonds. The van der Waals surface area contributed by atoms with Gasteiger partial charge >= 0.3 is 0 Å². The molecular weight excluding hydrogens is 410 g/mol. The van der Waals surface area contributed by atoms with Gasteiger partial charge in [-0.15, -0.1) is 0 Å². The van der Waals surface area contributed by atoms with Gasteiger partial charge in [-0.2, -0.15) is 0 Å². The zero-order valence-electron chi connectivity index (χ0n) is 18.3. The Kier molecular flexibility index (Phi) is 7.87. The van der Waals surface area contributed by atoms with Gasteiger partial charge in [0, 0.05) is 56.5 Å².